The minimum absolute atomic E-state index is 0. The number of rotatable bonds is 0. The largest absolute Gasteiger partial charge is 2.00 e. The van der Waals surface area contributed by atoms with E-state index in [0.29, 0.717) is 0 Å². The third kappa shape index (κ3) is 989. The Balaban J connectivity index is -0.00000000222. The van der Waals surface area contributed by atoms with Gasteiger partial charge in [0.05, 0.1) is 0 Å². The average molecular weight is 288 g/mol. The molecule has 0 saturated carbocycles. The van der Waals surface area contributed by atoms with Crippen molar-refractivity contribution in [2.45, 2.75) is 0 Å². The molecule has 10 nitrogen and oxygen atoms in total. The monoisotopic (exact) mass is 287 g/mol. The van der Waals surface area contributed by atoms with Crippen molar-refractivity contribution in [1.29, 1.82) is 0 Å². The maximum Gasteiger partial charge on any atom is 2.00 e. The van der Waals surface area contributed by atoms with E-state index in [1.54, 1.807) is 0 Å². The van der Waals surface area contributed by atoms with Crippen molar-refractivity contribution in [3.63, 3.8) is 0 Å². The average Bonchev–Trinajstić information content (AvgIpc) is 0.722. The standard InChI is InChI=1S/ClH.2Mg.H2O4S.6H2O/c;;;1-5(2,3)4;;;;;;/h1H;;;(H2,1,2,3,4);6*1H2/q;2*+2;;;;;;;/p-3. The molecule has 0 heterocycles. The Morgan fingerprint density at radius 1 is 0.643 bits per heavy atom. The van der Waals surface area contributed by atoms with E-state index in [2.05, 4.69) is 0 Å². The van der Waals surface area contributed by atoms with Crippen LogP contribution in [0.15, 0.2) is 0 Å². The molecule has 0 unspecified atom stereocenters. The fourth-order valence-electron chi connectivity index (χ4n) is 0. The van der Waals surface area contributed by atoms with Crippen LogP contribution < -0.4 is 12.4 Å². The minimum Gasteiger partial charge on any atom is -1.00 e. The topological polar surface area (TPSA) is 269 Å². The summed E-state index contributed by atoms with van der Waals surface area (Å²) < 4.78 is 34.1. The van der Waals surface area contributed by atoms with Crippen LogP contribution in [-0.4, -0.2) is 96.5 Å². The molecule has 0 radical (unpaired) electrons. The Labute approximate surface area is 119 Å². The van der Waals surface area contributed by atoms with E-state index in [4.69, 9.17) is 17.5 Å². The summed E-state index contributed by atoms with van der Waals surface area (Å²) in [4.78, 5) is 0. The van der Waals surface area contributed by atoms with E-state index in [-0.39, 0.29) is 91.4 Å². The molecule has 0 saturated heterocycles. The van der Waals surface area contributed by atoms with E-state index in [9.17, 15) is 0 Å². The predicted octanol–water partition coefficient (Wildman–Crippen LogP) is -10.0. The molecule has 0 rings (SSSR count). The molecule has 14 heavy (non-hydrogen) atoms. The molecule has 88 valence electrons. The molecule has 0 amide bonds. The molecule has 0 spiro atoms. The molecule has 12 N–H and O–H groups in total. The first-order valence-corrected chi connectivity index (χ1v) is 2.00. The first-order chi connectivity index (χ1) is 2.00. The van der Waals surface area contributed by atoms with E-state index < -0.39 is 10.4 Å². The molecule has 14 heteroatoms. The zero-order valence-corrected chi connectivity index (χ0v) is 11.2. The van der Waals surface area contributed by atoms with E-state index >= 15 is 0 Å². The third-order valence-electron chi connectivity index (χ3n) is 0. The van der Waals surface area contributed by atoms with Crippen molar-refractivity contribution >= 4 is 56.5 Å². The molecule has 0 aliphatic heterocycles. The van der Waals surface area contributed by atoms with Crippen LogP contribution in [0.1, 0.15) is 0 Å². The number of hydrogen-bond acceptors (Lipinski definition) is 4. The van der Waals surface area contributed by atoms with Gasteiger partial charge in [-0.05, 0) is 0 Å². The van der Waals surface area contributed by atoms with Crippen molar-refractivity contribution in [2.75, 3.05) is 0 Å². The fourth-order valence-corrected chi connectivity index (χ4v) is 0. The van der Waals surface area contributed by atoms with Crippen LogP contribution in [0.2, 0.25) is 0 Å². The van der Waals surface area contributed by atoms with Gasteiger partial charge in [-0.15, -0.1) is 0 Å². The van der Waals surface area contributed by atoms with Gasteiger partial charge in [0.15, 0.2) is 0 Å². The summed E-state index contributed by atoms with van der Waals surface area (Å²) in [6.07, 6.45) is 0. The quantitative estimate of drug-likeness (QED) is 0.238. The first kappa shape index (κ1) is 109. The number of hydrogen-bond donors (Lipinski definition) is 0. The molecule has 0 aromatic carbocycles. The van der Waals surface area contributed by atoms with Crippen molar-refractivity contribution in [3.8, 4) is 0 Å². The third-order valence-corrected chi connectivity index (χ3v) is 0. The van der Waals surface area contributed by atoms with Gasteiger partial charge in [0.2, 0.25) is 0 Å². The number of halogens is 1. The summed E-state index contributed by atoms with van der Waals surface area (Å²) in [5, 5.41) is 0. The summed E-state index contributed by atoms with van der Waals surface area (Å²) in [7, 11) is -5.17. The molecule has 0 atom stereocenters. The Kier molecular flexibility index (Phi) is 365. The predicted molar refractivity (Wildman–Crippen MR) is 43.7 cm³/mol. The molecule has 0 aromatic heterocycles. The van der Waals surface area contributed by atoms with Gasteiger partial charge in [0.25, 0.3) is 0 Å². The second-order valence-corrected chi connectivity index (χ2v) is 1.22. The Morgan fingerprint density at radius 2 is 0.643 bits per heavy atom. The summed E-state index contributed by atoms with van der Waals surface area (Å²) in [5.74, 6) is 0. The van der Waals surface area contributed by atoms with Crippen LogP contribution in [0.3, 0.4) is 0 Å². The molecule has 0 aliphatic carbocycles. The second kappa shape index (κ2) is 47.1. The van der Waals surface area contributed by atoms with Crippen molar-refractivity contribution in [1.82, 2.24) is 0 Å². The fraction of sp³-hybridized carbons (Fsp3) is 0. The summed E-state index contributed by atoms with van der Waals surface area (Å²) in [5.41, 5.74) is 0. The molecule has 0 bridgehead atoms. The van der Waals surface area contributed by atoms with E-state index in [0.717, 1.165) is 0 Å². The Morgan fingerprint density at radius 3 is 0.643 bits per heavy atom. The zero-order valence-electron chi connectivity index (χ0n) is 6.83. The SMILES string of the molecule is O.O.O.O.O.O.O=S(=O)([O-])[O-].[Cl-].[Mg+2].[Mg+2]. The summed E-state index contributed by atoms with van der Waals surface area (Å²) >= 11 is 0. The van der Waals surface area contributed by atoms with Crippen LogP contribution in [0.25, 0.3) is 0 Å². The van der Waals surface area contributed by atoms with Crippen LogP contribution in [0.5, 0.6) is 0 Å². The molecule has 0 aromatic rings. The van der Waals surface area contributed by atoms with Gasteiger partial charge < -0.3 is 54.4 Å². The Bertz CT molecular complexity index is 101. The molecular formula is H12ClMg2O10S+. The van der Waals surface area contributed by atoms with Gasteiger partial charge in [0.1, 0.15) is 0 Å². The van der Waals surface area contributed by atoms with Gasteiger partial charge in [-0.25, -0.2) is 0 Å². The van der Waals surface area contributed by atoms with E-state index in [1.807, 2.05) is 0 Å². The summed E-state index contributed by atoms with van der Waals surface area (Å²) in [6, 6.07) is 0. The zero-order chi connectivity index (χ0) is 4.50. The van der Waals surface area contributed by atoms with Gasteiger partial charge >= 0.3 is 46.1 Å². The minimum atomic E-state index is -5.17. The first-order valence-electron chi connectivity index (χ1n) is 0.667. The smallest absolute Gasteiger partial charge is 1.00 e. The molecular weight excluding hydrogens is 276 g/mol. The second-order valence-electron chi connectivity index (χ2n) is 0.408. The maximum atomic E-state index is 8.52. The van der Waals surface area contributed by atoms with Gasteiger partial charge in [-0.3, -0.25) is 8.42 Å². The Hall–Kier alpha value is 1.45. The van der Waals surface area contributed by atoms with Crippen molar-refractivity contribution in [2.24, 2.45) is 0 Å². The maximum absolute atomic E-state index is 8.52. The van der Waals surface area contributed by atoms with E-state index in [1.165, 1.54) is 0 Å². The van der Waals surface area contributed by atoms with Crippen LogP contribution in [-0.2, 0) is 10.4 Å². The van der Waals surface area contributed by atoms with Crippen molar-refractivity contribution in [3.05, 3.63) is 0 Å². The van der Waals surface area contributed by atoms with Gasteiger partial charge in [-0.2, -0.15) is 0 Å². The molecule has 0 fully saturated rings. The van der Waals surface area contributed by atoms with Crippen LogP contribution in [0, 0.1) is 0 Å². The van der Waals surface area contributed by atoms with Crippen LogP contribution >= 0.6 is 0 Å². The van der Waals surface area contributed by atoms with Crippen molar-refractivity contribution < 1.29 is 62.8 Å². The normalized spacial score (nSPS) is 4.14. The van der Waals surface area contributed by atoms with Gasteiger partial charge in [0, 0.05) is 10.4 Å². The van der Waals surface area contributed by atoms with Gasteiger partial charge in [-0.1, -0.05) is 0 Å². The molecule has 0 aliphatic rings. The summed E-state index contributed by atoms with van der Waals surface area (Å²) in [6.45, 7) is 0. The van der Waals surface area contributed by atoms with Crippen LogP contribution in [0.4, 0.5) is 0 Å².